The van der Waals surface area contributed by atoms with Crippen LogP contribution in [0.25, 0.3) is 0 Å². The van der Waals surface area contributed by atoms with Gasteiger partial charge in [0.25, 0.3) is 10.1 Å². The highest BCUT2D eigenvalue weighted by Crippen LogP contribution is 2.33. The van der Waals surface area contributed by atoms with Gasteiger partial charge in [-0.25, -0.2) is 8.98 Å². The van der Waals surface area contributed by atoms with E-state index in [-0.39, 0.29) is 0 Å². The van der Waals surface area contributed by atoms with E-state index in [2.05, 4.69) is 0 Å². The number of carbonyl (C=O) groups excluding carboxylic acids is 1. The summed E-state index contributed by atoms with van der Waals surface area (Å²) in [6.07, 6.45) is -9.15. The lowest BCUT2D eigenvalue weighted by atomic mass is 9.97. The minimum absolute atomic E-state index is 0.296. The van der Waals surface area contributed by atoms with E-state index in [4.69, 9.17) is 46.8 Å². The molecule has 0 bridgehead atoms. The zero-order chi connectivity index (χ0) is 28.2. The van der Waals surface area contributed by atoms with Crippen LogP contribution in [0.4, 0.5) is 0 Å². The zero-order valence-corrected chi connectivity index (χ0v) is 24.1. The second-order valence-corrected chi connectivity index (χ2v) is 9.66. The Hall–Kier alpha value is -0.940. The molecule has 1 rings (SSSR count). The number of esters is 1. The van der Waals surface area contributed by atoms with Gasteiger partial charge in [-0.05, 0) is 55.4 Å². The Morgan fingerprint density at radius 1 is 0.703 bits per heavy atom. The van der Waals surface area contributed by atoms with Crippen LogP contribution in [0.2, 0.25) is 0 Å². The Labute approximate surface area is 220 Å². The molecule has 0 aromatic rings. The van der Waals surface area contributed by atoms with Crippen molar-refractivity contribution in [3.05, 3.63) is 0 Å². The summed E-state index contributed by atoms with van der Waals surface area (Å²) < 4.78 is 80.7. The molecule has 14 heteroatoms. The molecule has 13 nitrogen and oxygen atoms in total. The van der Waals surface area contributed by atoms with Crippen LogP contribution in [0, 0.1) is 0 Å². The van der Waals surface area contributed by atoms with Crippen LogP contribution in [-0.4, -0.2) is 103 Å². The van der Waals surface area contributed by atoms with Gasteiger partial charge in [0.15, 0.2) is 31.3 Å². The molecule has 0 N–H and O–H groups in total. The van der Waals surface area contributed by atoms with Gasteiger partial charge in [-0.2, -0.15) is 8.42 Å². The number of hydrogen-bond acceptors (Lipinski definition) is 13. The SMILES string of the molecule is CCOC(C)OC(=O)[C@H]1OC(OS(C)(=O)=O)[C@H](OC(C)OCC)[C@@H](OC(C)OCC)[C@@H]1OC(C)OCC. The quantitative estimate of drug-likeness (QED) is 0.137. The Kier molecular flexibility index (Phi) is 15.6. The summed E-state index contributed by atoms with van der Waals surface area (Å²) in [7, 11) is -4.07. The second kappa shape index (κ2) is 16.9. The van der Waals surface area contributed by atoms with Crippen LogP contribution in [0.5, 0.6) is 0 Å². The molecule has 0 aromatic heterocycles. The molecular weight excluding hydrogens is 516 g/mol. The topological polar surface area (TPSA) is 144 Å². The first-order valence-electron chi connectivity index (χ1n) is 12.5. The van der Waals surface area contributed by atoms with E-state index >= 15 is 0 Å². The molecule has 5 unspecified atom stereocenters. The first-order valence-corrected chi connectivity index (χ1v) is 14.3. The highest BCUT2D eigenvalue weighted by atomic mass is 32.2. The van der Waals surface area contributed by atoms with Crippen molar-refractivity contribution in [3.8, 4) is 0 Å². The molecule has 1 saturated heterocycles. The average molecular weight is 561 g/mol. The summed E-state index contributed by atoms with van der Waals surface area (Å²) in [4.78, 5) is 13.2. The van der Waals surface area contributed by atoms with Gasteiger partial charge in [-0.3, -0.25) is 0 Å². The molecule has 1 heterocycles. The summed E-state index contributed by atoms with van der Waals surface area (Å²) in [5.41, 5.74) is 0. The van der Waals surface area contributed by atoms with Crippen molar-refractivity contribution in [1.29, 1.82) is 0 Å². The molecular formula is C23H44O13S. The molecule has 1 aliphatic rings. The lowest BCUT2D eigenvalue weighted by Gasteiger charge is -2.46. The largest absolute Gasteiger partial charge is 0.434 e. The minimum Gasteiger partial charge on any atom is -0.434 e. The minimum atomic E-state index is -4.07. The number of rotatable bonds is 18. The second-order valence-electron chi connectivity index (χ2n) is 8.06. The van der Waals surface area contributed by atoms with Gasteiger partial charge in [0.2, 0.25) is 6.29 Å². The zero-order valence-electron chi connectivity index (χ0n) is 23.2. The van der Waals surface area contributed by atoms with Crippen LogP contribution in [0.3, 0.4) is 0 Å². The molecule has 220 valence electrons. The Balaban J connectivity index is 3.55. The van der Waals surface area contributed by atoms with Gasteiger partial charge in [0.05, 0.1) is 6.26 Å². The fourth-order valence-electron chi connectivity index (χ4n) is 3.68. The van der Waals surface area contributed by atoms with Gasteiger partial charge >= 0.3 is 5.97 Å². The van der Waals surface area contributed by atoms with Gasteiger partial charge in [0, 0.05) is 26.4 Å². The lowest BCUT2D eigenvalue weighted by molar-refractivity contribution is -0.349. The van der Waals surface area contributed by atoms with Crippen molar-refractivity contribution in [2.24, 2.45) is 0 Å². The van der Waals surface area contributed by atoms with Crippen LogP contribution < -0.4 is 0 Å². The van der Waals surface area contributed by atoms with Crippen LogP contribution >= 0.6 is 0 Å². The lowest BCUT2D eigenvalue weighted by Crippen LogP contribution is -2.65. The van der Waals surface area contributed by atoms with Crippen LogP contribution in [0.1, 0.15) is 55.4 Å². The first kappa shape index (κ1) is 34.1. The molecule has 0 saturated carbocycles. The molecule has 0 amide bonds. The van der Waals surface area contributed by atoms with E-state index in [0.717, 1.165) is 6.26 Å². The maximum Gasteiger partial charge on any atom is 0.340 e. The first-order chi connectivity index (χ1) is 17.4. The smallest absolute Gasteiger partial charge is 0.340 e. The normalized spacial score (nSPS) is 27.9. The van der Waals surface area contributed by atoms with Crippen molar-refractivity contribution < 1.29 is 60.0 Å². The molecule has 1 aliphatic heterocycles. The third-order valence-electron chi connectivity index (χ3n) is 4.93. The van der Waals surface area contributed by atoms with E-state index in [0.29, 0.717) is 26.4 Å². The van der Waals surface area contributed by atoms with E-state index in [9.17, 15) is 13.2 Å². The van der Waals surface area contributed by atoms with Crippen molar-refractivity contribution in [1.82, 2.24) is 0 Å². The molecule has 1 fully saturated rings. The standard InChI is InChI=1S/C23H44O13S/c1-10-27-14(5)31-18-19(32-15(6)28-11-2)21(33-16(7)29-12-3)23(36-37(9,25)26)35-20(18)22(24)34-17(8)30-13-4/h14-21,23H,10-13H2,1-9H3/t14?,15?,16?,17?,18-,19-,20-,21+,23?/m0/s1. The fourth-order valence-corrected chi connectivity index (χ4v) is 4.18. The van der Waals surface area contributed by atoms with Crippen LogP contribution in [-0.2, 0) is 61.7 Å². The third-order valence-corrected chi connectivity index (χ3v) is 5.47. The number of carbonyl (C=O) groups is 1. The molecule has 37 heavy (non-hydrogen) atoms. The number of hydrogen-bond donors (Lipinski definition) is 0. The van der Waals surface area contributed by atoms with E-state index in [1.54, 1.807) is 48.5 Å². The van der Waals surface area contributed by atoms with Crippen LogP contribution in [0.15, 0.2) is 0 Å². The Morgan fingerprint density at radius 2 is 1.11 bits per heavy atom. The molecule has 0 radical (unpaired) electrons. The number of ether oxygens (including phenoxy) is 9. The van der Waals surface area contributed by atoms with E-state index < -0.39 is 72.0 Å². The van der Waals surface area contributed by atoms with Crippen molar-refractivity contribution in [2.75, 3.05) is 32.7 Å². The Morgan fingerprint density at radius 3 is 1.54 bits per heavy atom. The highest BCUT2D eigenvalue weighted by Gasteiger charge is 2.54. The monoisotopic (exact) mass is 560 g/mol. The fraction of sp³-hybridized carbons (Fsp3) is 0.957. The summed E-state index contributed by atoms with van der Waals surface area (Å²) in [5.74, 6) is -0.884. The van der Waals surface area contributed by atoms with E-state index in [1.807, 2.05) is 0 Å². The maximum absolute atomic E-state index is 13.2. The summed E-state index contributed by atoms with van der Waals surface area (Å²) in [6, 6.07) is 0. The van der Waals surface area contributed by atoms with Gasteiger partial charge < -0.3 is 42.6 Å². The average Bonchev–Trinajstić information content (AvgIpc) is 2.77. The molecule has 0 aliphatic carbocycles. The summed E-state index contributed by atoms with van der Waals surface area (Å²) >= 11 is 0. The van der Waals surface area contributed by atoms with E-state index in [1.165, 1.54) is 6.92 Å². The summed E-state index contributed by atoms with van der Waals surface area (Å²) in [5, 5.41) is 0. The highest BCUT2D eigenvalue weighted by molar-refractivity contribution is 7.86. The molecule has 0 spiro atoms. The molecule has 9 atom stereocenters. The summed E-state index contributed by atoms with van der Waals surface area (Å²) in [6.45, 7) is 14.8. The Bertz CT molecular complexity index is 749. The predicted molar refractivity (Wildman–Crippen MR) is 130 cm³/mol. The molecule has 0 aromatic carbocycles. The maximum atomic E-state index is 13.2. The predicted octanol–water partition coefficient (Wildman–Crippen LogP) is 1.92. The van der Waals surface area contributed by atoms with Gasteiger partial charge in [-0.1, -0.05) is 0 Å². The third kappa shape index (κ3) is 12.2. The van der Waals surface area contributed by atoms with Crippen molar-refractivity contribution >= 4 is 16.1 Å². The van der Waals surface area contributed by atoms with Gasteiger partial charge in [0.1, 0.15) is 18.3 Å². The van der Waals surface area contributed by atoms with Crippen molar-refractivity contribution in [3.63, 3.8) is 0 Å². The van der Waals surface area contributed by atoms with Crippen molar-refractivity contribution in [2.45, 2.75) is 111 Å². The van der Waals surface area contributed by atoms with Gasteiger partial charge in [-0.15, -0.1) is 0 Å².